The molecule has 2 heterocycles. The molecule has 0 unspecified atom stereocenters. The van der Waals surface area contributed by atoms with Gasteiger partial charge in [0.1, 0.15) is 0 Å². The van der Waals surface area contributed by atoms with E-state index in [1.165, 1.54) is 11.8 Å². The van der Waals surface area contributed by atoms with Crippen molar-refractivity contribution in [3.8, 4) is 5.69 Å². The van der Waals surface area contributed by atoms with E-state index >= 15 is 0 Å². The zero-order valence-corrected chi connectivity index (χ0v) is 20.0. The molecule has 5 rings (SSSR count). The van der Waals surface area contributed by atoms with Gasteiger partial charge in [-0.1, -0.05) is 58.7 Å². The topological polar surface area (TPSA) is 47.8 Å². The van der Waals surface area contributed by atoms with Crippen LogP contribution in [0.2, 0.25) is 15.1 Å². The van der Waals surface area contributed by atoms with Gasteiger partial charge in [-0.2, -0.15) is 0 Å². The monoisotopic (exact) mass is 501 g/mol. The largest absolute Gasteiger partial charge is 0.268 e. The molecule has 1 aliphatic carbocycles. The van der Waals surface area contributed by atoms with E-state index < -0.39 is 0 Å². The molecule has 4 nitrogen and oxygen atoms in total. The SMILES string of the molecule is O=c1c2cc3c(nc2nc(SCc2ccc(Cl)cc2Cl)n1-c1cccc(Cl)c1)CCCC3. The van der Waals surface area contributed by atoms with Crippen LogP contribution in [0.4, 0.5) is 0 Å². The van der Waals surface area contributed by atoms with Crippen molar-refractivity contribution in [2.24, 2.45) is 0 Å². The van der Waals surface area contributed by atoms with Gasteiger partial charge in [0.2, 0.25) is 0 Å². The molecule has 8 heteroatoms. The van der Waals surface area contributed by atoms with E-state index in [4.69, 9.17) is 44.8 Å². The first-order chi connectivity index (χ1) is 15.5. The number of halogens is 3. The van der Waals surface area contributed by atoms with E-state index in [1.54, 1.807) is 28.8 Å². The first-order valence-corrected chi connectivity index (χ1v) is 12.4. The Hall–Kier alpha value is -2.05. The highest BCUT2D eigenvalue weighted by molar-refractivity contribution is 7.98. The Morgan fingerprint density at radius 1 is 0.938 bits per heavy atom. The number of nitrogens with zero attached hydrogens (tertiary/aromatic N) is 3. The van der Waals surface area contributed by atoms with Crippen LogP contribution in [0.25, 0.3) is 16.7 Å². The predicted octanol–water partition coefficient (Wildman–Crippen LogP) is 6.91. The van der Waals surface area contributed by atoms with Crippen molar-refractivity contribution in [3.05, 3.63) is 90.8 Å². The van der Waals surface area contributed by atoms with E-state index in [-0.39, 0.29) is 5.56 Å². The molecule has 0 atom stereocenters. The summed E-state index contributed by atoms with van der Waals surface area (Å²) < 4.78 is 1.61. The van der Waals surface area contributed by atoms with Crippen molar-refractivity contribution in [1.82, 2.24) is 14.5 Å². The lowest BCUT2D eigenvalue weighted by molar-refractivity contribution is 0.669. The Morgan fingerprint density at radius 2 is 1.75 bits per heavy atom. The van der Waals surface area contributed by atoms with Crippen LogP contribution in [0.5, 0.6) is 0 Å². The molecular weight excluding hydrogens is 485 g/mol. The number of fused-ring (bicyclic) bond motifs is 2. The van der Waals surface area contributed by atoms with Crippen LogP contribution in [0.15, 0.2) is 58.5 Å². The van der Waals surface area contributed by atoms with Crippen LogP contribution in [-0.4, -0.2) is 14.5 Å². The molecule has 0 aliphatic heterocycles. The average Bonchev–Trinajstić information content (AvgIpc) is 2.77. The van der Waals surface area contributed by atoms with Gasteiger partial charge in [-0.3, -0.25) is 9.36 Å². The van der Waals surface area contributed by atoms with Gasteiger partial charge in [0.25, 0.3) is 5.56 Å². The molecule has 0 fully saturated rings. The van der Waals surface area contributed by atoms with Gasteiger partial charge in [-0.15, -0.1) is 0 Å². The Kier molecular flexibility index (Phi) is 6.17. The van der Waals surface area contributed by atoms with E-state index in [0.29, 0.717) is 42.7 Å². The lowest BCUT2D eigenvalue weighted by Gasteiger charge is -2.17. The molecule has 4 aromatic rings. The number of thioether (sulfide) groups is 1. The van der Waals surface area contributed by atoms with Gasteiger partial charge in [-0.05, 0) is 73.2 Å². The number of hydrogen-bond acceptors (Lipinski definition) is 4. The van der Waals surface area contributed by atoms with Crippen LogP contribution >= 0.6 is 46.6 Å². The molecule has 0 N–H and O–H groups in total. The van der Waals surface area contributed by atoms with Gasteiger partial charge in [0.05, 0.1) is 11.1 Å². The highest BCUT2D eigenvalue weighted by Crippen LogP contribution is 2.30. The highest BCUT2D eigenvalue weighted by Gasteiger charge is 2.19. The summed E-state index contributed by atoms with van der Waals surface area (Å²) in [6.45, 7) is 0. The van der Waals surface area contributed by atoms with E-state index in [9.17, 15) is 4.79 Å². The van der Waals surface area contributed by atoms with Crippen molar-refractivity contribution >= 4 is 57.6 Å². The van der Waals surface area contributed by atoms with Gasteiger partial charge in [0.15, 0.2) is 10.8 Å². The van der Waals surface area contributed by atoms with Gasteiger partial charge in [0, 0.05) is 26.5 Å². The average molecular weight is 503 g/mol. The number of rotatable bonds is 4. The minimum atomic E-state index is -0.150. The van der Waals surface area contributed by atoms with Crippen molar-refractivity contribution in [1.29, 1.82) is 0 Å². The summed E-state index contributed by atoms with van der Waals surface area (Å²) in [7, 11) is 0. The summed E-state index contributed by atoms with van der Waals surface area (Å²) in [5.41, 5.74) is 4.11. The zero-order chi connectivity index (χ0) is 22.2. The van der Waals surface area contributed by atoms with Crippen molar-refractivity contribution < 1.29 is 0 Å². The predicted molar refractivity (Wildman–Crippen MR) is 133 cm³/mol. The number of pyridine rings is 1. The zero-order valence-electron chi connectivity index (χ0n) is 16.9. The molecule has 32 heavy (non-hydrogen) atoms. The molecule has 0 spiro atoms. The first-order valence-electron chi connectivity index (χ1n) is 10.3. The van der Waals surface area contributed by atoms with Crippen molar-refractivity contribution in [3.63, 3.8) is 0 Å². The second-order valence-corrected chi connectivity index (χ2v) is 9.93. The fourth-order valence-corrected chi connectivity index (χ4v) is 5.68. The number of aromatic nitrogens is 3. The summed E-state index contributed by atoms with van der Waals surface area (Å²) in [6, 6.07) is 14.6. The van der Waals surface area contributed by atoms with E-state index in [0.717, 1.165) is 42.5 Å². The lowest BCUT2D eigenvalue weighted by Crippen LogP contribution is -2.23. The van der Waals surface area contributed by atoms with Gasteiger partial charge >= 0.3 is 0 Å². The second kappa shape index (κ2) is 9.06. The lowest BCUT2D eigenvalue weighted by atomic mass is 9.95. The summed E-state index contributed by atoms with van der Waals surface area (Å²) in [4.78, 5) is 23.2. The molecule has 1 aliphatic rings. The normalized spacial score (nSPS) is 13.3. The van der Waals surface area contributed by atoms with Gasteiger partial charge in [-0.25, -0.2) is 9.97 Å². The fraction of sp³-hybridized carbons (Fsp3) is 0.208. The third kappa shape index (κ3) is 4.27. The molecular formula is C24H18Cl3N3OS. The summed E-state index contributed by atoms with van der Waals surface area (Å²) in [6.07, 6.45) is 4.10. The standard InChI is InChI=1S/C24H18Cl3N3OS/c25-16-5-3-6-18(11-16)30-23(31)19-10-14-4-1-2-7-21(14)28-22(19)29-24(30)32-13-15-8-9-17(26)12-20(15)27/h3,5-6,8-12H,1-2,4,7,13H2. The maximum atomic E-state index is 13.7. The molecule has 2 aromatic carbocycles. The molecule has 0 radical (unpaired) electrons. The Balaban J connectivity index is 1.66. The van der Waals surface area contributed by atoms with Crippen LogP contribution in [0, 0.1) is 0 Å². The highest BCUT2D eigenvalue weighted by atomic mass is 35.5. The quantitative estimate of drug-likeness (QED) is 0.225. The maximum absolute atomic E-state index is 13.7. The maximum Gasteiger partial charge on any atom is 0.268 e. The van der Waals surface area contributed by atoms with Crippen LogP contribution < -0.4 is 5.56 Å². The number of benzene rings is 2. The molecule has 162 valence electrons. The van der Waals surface area contributed by atoms with Gasteiger partial charge < -0.3 is 0 Å². The third-order valence-electron chi connectivity index (χ3n) is 5.55. The van der Waals surface area contributed by atoms with E-state index in [2.05, 4.69) is 0 Å². The Bertz CT molecular complexity index is 1400. The number of hydrogen-bond donors (Lipinski definition) is 0. The minimum Gasteiger partial charge on any atom is -0.268 e. The van der Waals surface area contributed by atoms with Crippen LogP contribution in [0.3, 0.4) is 0 Å². The molecule has 0 bridgehead atoms. The van der Waals surface area contributed by atoms with Crippen molar-refractivity contribution in [2.75, 3.05) is 0 Å². The fourth-order valence-electron chi connectivity index (χ4n) is 3.93. The molecule has 0 saturated heterocycles. The smallest absolute Gasteiger partial charge is 0.268 e. The second-order valence-electron chi connectivity index (χ2n) is 7.71. The van der Waals surface area contributed by atoms with Crippen LogP contribution in [-0.2, 0) is 18.6 Å². The Morgan fingerprint density at radius 3 is 2.56 bits per heavy atom. The summed E-state index contributed by atoms with van der Waals surface area (Å²) >= 11 is 20.1. The van der Waals surface area contributed by atoms with Crippen LogP contribution in [0.1, 0.15) is 29.7 Å². The summed E-state index contributed by atoms with van der Waals surface area (Å²) in [5.74, 6) is 0.527. The Labute approximate surface area is 204 Å². The molecule has 0 amide bonds. The number of aryl methyl sites for hydroxylation is 2. The molecule has 2 aromatic heterocycles. The minimum absolute atomic E-state index is 0.150. The van der Waals surface area contributed by atoms with Crippen molar-refractivity contribution in [2.45, 2.75) is 36.6 Å². The summed E-state index contributed by atoms with van der Waals surface area (Å²) in [5, 5.41) is 2.78. The first kappa shape index (κ1) is 21.8. The van der Waals surface area contributed by atoms with E-state index in [1.807, 2.05) is 24.3 Å². The third-order valence-corrected chi connectivity index (χ3v) is 7.35. The molecule has 0 saturated carbocycles.